The molecule has 0 heterocycles. The number of nitrogens with one attached hydrogen (secondary N) is 2. The molecule has 2 rings (SSSR count). The zero-order valence-electron chi connectivity index (χ0n) is 13.4. The van der Waals surface area contributed by atoms with Crippen LogP contribution in [-0.2, 0) is 11.3 Å². The first-order chi connectivity index (χ1) is 10.5. The van der Waals surface area contributed by atoms with Gasteiger partial charge in [0, 0.05) is 12.6 Å². The van der Waals surface area contributed by atoms with E-state index in [9.17, 15) is 9.59 Å². The molecule has 0 saturated heterocycles. The van der Waals surface area contributed by atoms with E-state index in [1.807, 2.05) is 18.9 Å². The molecule has 0 aliphatic heterocycles. The van der Waals surface area contributed by atoms with Gasteiger partial charge in [-0.25, -0.2) is 4.79 Å². The summed E-state index contributed by atoms with van der Waals surface area (Å²) in [6.07, 6.45) is 4.32. The maximum absolute atomic E-state index is 11.9. The standard InChI is InChI=1S/C17H25N3O2/c1-13-7-9-14(10-8-13)11-20(2)12-16(21)19-17(22)18-15-5-3-4-6-15/h7-10,15H,3-6,11-12H2,1-2H3,(H2,18,19,21,22). The summed E-state index contributed by atoms with van der Waals surface area (Å²) >= 11 is 0. The highest BCUT2D eigenvalue weighted by Crippen LogP contribution is 2.17. The van der Waals surface area contributed by atoms with E-state index < -0.39 is 0 Å². The first kappa shape index (κ1) is 16.5. The molecule has 1 fully saturated rings. The number of rotatable bonds is 5. The predicted molar refractivity (Wildman–Crippen MR) is 86.4 cm³/mol. The maximum Gasteiger partial charge on any atom is 0.321 e. The van der Waals surface area contributed by atoms with E-state index in [1.165, 1.54) is 5.56 Å². The zero-order valence-corrected chi connectivity index (χ0v) is 13.4. The van der Waals surface area contributed by atoms with Crippen LogP contribution in [-0.4, -0.2) is 36.5 Å². The van der Waals surface area contributed by atoms with E-state index in [0.717, 1.165) is 31.2 Å². The van der Waals surface area contributed by atoms with Crippen molar-refractivity contribution in [3.63, 3.8) is 0 Å². The lowest BCUT2D eigenvalue weighted by Gasteiger charge is -2.17. The summed E-state index contributed by atoms with van der Waals surface area (Å²) in [4.78, 5) is 25.5. The van der Waals surface area contributed by atoms with Gasteiger partial charge in [0.1, 0.15) is 0 Å². The van der Waals surface area contributed by atoms with E-state index in [1.54, 1.807) is 0 Å². The molecule has 5 heteroatoms. The normalized spacial score (nSPS) is 15.0. The summed E-state index contributed by atoms with van der Waals surface area (Å²) in [6.45, 7) is 2.92. The average Bonchev–Trinajstić information content (AvgIpc) is 2.93. The quantitative estimate of drug-likeness (QED) is 0.876. The van der Waals surface area contributed by atoms with Gasteiger partial charge in [-0.2, -0.15) is 0 Å². The van der Waals surface area contributed by atoms with Crippen molar-refractivity contribution >= 4 is 11.9 Å². The van der Waals surface area contributed by atoms with Crippen LogP contribution in [0.25, 0.3) is 0 Å². The van der Waals surface area contributed by atoms with Crippen LogP contribution in [0.2, 0.25) is 0 Å². The number of hydrogen-bond donors (Lipinski definition) is 2. The number of hydrogen-bond acceptors (Lipinski definition) is 3. The molecule has 1 aliphatic carbocycles. The number of aryl methyl sites for hydroxylation is 1. The second kappa shape index (κ2) is 7.94. The Labute approximate surface area is 132 Å². The van der Waals surface area contributed by atoms with Gasteiger partial charge >= 0.3 is 6.03 Å². The van der Waals surface area contributed by atoms with E-state index >= 15 is 0 Å². The van der Waals surface area contributed by atoms with E-state index in [2.05, 4.69) is 34.9 Å². The first-order valence-electron chi connectivity index (χ1n) is 7.87. The van der Waals surface area contributed by atoms with Gasteiger partial charge in [-0.05, 0) is 32.4 Å². The van der Waals surface area contributed by atoms with Gasteiger partial charge in [0.25, 0.3) is 0 Å². The fourth-order valence-corrected chi connectivity index (χ4v) is 2.76. The maximum atomic E-state index is 11.9. The number of urea groups is 1. The lowest BCUT2D eigenvalue weighted by molar-refractivity contribution is -0.121. The minimum absolute atomic E-state index is 0.200. The zero-order chi connectivity index (χ0) is 15.9. The fraction of sp³-hybridized carbons (Fsp3) is 0.529. The van der Waals surface area contributed by atoms with Gasteiger partial charge in [-0.15, -0.1) is 0 Å². The van der Waals surface area contributed by atoms with Crippen molar-refractivity contribution < 1.29 is 9.59 Å². The summed E-state index contributed by atoms with van der Waals surface area (Å²) in [6, 6.07) is 8.06. The number of carbonyl (C=O) groups excluding carboxylic acids is 2. The Morgan fingerprint density at radius 3 is 2.45 bits per heavy atom. The highest BCUT2D eigenvalue weighted by Gasteiger charge is 2.18. The summed E-state index contributed by atoms with van der Waals surface area (Å²) in [5.41, 5.74) is 2.36. The van der Waals surface area contributed by atoms with Crippen molar-refractivity contribution in [2.45, 2.75) is 45.2 Å². The second-order valence-corrected chi connectivity index (χ2v) is 6.16. The molecule has 0 bridgehead atoms. The van der Waals surface area contributed by atoms with Crippen LogP contribution in [0.3, 0.4) is 0 Å². The van der Waals surface area contributed by atoms with Gasteiger partial charge < -0.3 is 5.32 Å². The summed E-state index contributed by atoms with van der Waals surface area (Å²) in [5.74, 6) is -0.273. The summed E-state index contributed by atoms with van der Waals surface area (Å²) in [7, 11) is 1.87. The van der Waals surface area contributed by atoms with Gasteiger partial charge in [-0.3, -0.25) is 15.0 Å². The van der Waals surface area contributed by atoms with Crippen molar-refractivity contribution in [3.05, 3.63) is 35.4 Å². The Kier molecular flexibility index (Phi) is 5.95. The third-order valence-corrected chi connectivity index (χ3v) is 3.93. The number of amides is 3. The van der Waals surface area contributed by atoms with Crippen LogP contribution in [0.4, 0.5) is 4.79 Å². The topological polar surface area (TPSA) is 61.4 Å². The Hall–Kier alpha value is -1.88. The molecule has 0 unspecified atom stereocenters. The van der Waals surface area contributed by atoms with Crippen molar-refractivity contribution in [2.75, 3.05) is 13.6 Å². The molecule has 0 spiro atoms. The molecule has 1 aromatic rings. The minimum atomic E-state index is -0.374. The predicted octanol–water partition coefficient (Wildman–Crippen LogP) is 2.20. The molecule has 0 radical (unpaired) electrons. The van der Waals surface area contributed by atoms with E-state index in [0.29, 0.717) is 6.54 Å². The molecule has 1 aromatic carbocycles. The monoisotopic (exact) mass is 303 g/mol. The Morgan fingerprint density at radius 2 is 1.82 bits per heavy atom. The van der Waals surface area contributed by atoms with Crippen LogP contribution in [0.15, 0.2) is 24.3 Å². The number of carbonyl (C=O) groups is 2. The lowest BCUT2D eigenvalue weighted by Crippen LogP contribution is -2.46. The molecule has 120 valence electrons. The van der Waals surface area contributed by atoms with Gasteiger partial charge in [-0.1, -0.05) is 42.7 Å². The number of benzene rings is 1. The number of imide groups is 1. The molecule has 1 saturated carbocycles. The first-order valence-corrected chi connectivity index (χ1v) is 7.87. The summed E-state index contributed by atoms with van der Waals surface area (Å²) in [5, 5.41) is 5.25. The molecule has 0 aromatic heterocycles. The smallest absolute Gasteiger partial charge is 0.321 e. The van der Waals surface area contributed by atoms with Crippen LogP contribution in [0.5, 0.6) is 0 Å². The van der Waals surface area contributed by atoms with Crippen molar-refractivity contribution in [2.24, 2.45) is 0 Å². The highest BCUT2D eigenvalue weighted by atomic mass is 16.2. The van der Waals surface area contributed by atoms with Crippen molar-refractivity contribution in [1.29, 1.82) is 0 Å². The Morgan fingerprint density at radius 1 is 1.18 bits per heavy atom. The fourth-order valence-electron chi connectivity index (χ4n) is 2.76. The van der Waals surface area contributed by atoms with Crippen molar-refractivity contribution in [3.8, 4) is 0 Å². The van der Waals surface area contributed by atoms with Crippen LogP contribution in [0, 0.1) is 6.92 Å². The van der Waals surface area contributed by atoms with Crippen LogP contribution >= 0.6 is 0 Å². The molecule has 3 amide bonds. The minimum Gasteiger partial charge on any atom is -0.335 e. The molecular weight excluding hydrogens is 278 g/mol. The molecule has 0 atom stereocenters. The average molecular weight is 303 g/mol. The second-order valence-electron chi connectivity index (χ2n) is 6.16. The largest absolute Gasteiger partial charge is 0.335 e. The third kappa shape index (κ3) is 5.48. The molecular formula is C17H25N3O2. The Balaban J connectivity index is 1.71. The lowest BCUT2D eigenvalue weighted by atomic mass is 10.1. The number of nitrogens with zero attached hydrogens (tertiary/aromatic N) is 1. The molecule has 2 N–H and O–H groups in total. The molecule has 1 aliphatic rings. The van der Waals surface area contributed by atoms with E-state index in [4.69, 9.17) is 0 Å². The van der Waals surface area contributed by atoms with Crippen LogP contribution < -0.4 is 10.6 Å². The number of likely N-dealkylation sites (N-methyl/N-ethyl adjacent to an activating group) is 1. The molecule has 5 nitrogen and oxygen atoms in total. The highest BCUT2D eigenvalue weighted by molar-refractivity contribution is 5.95. The van der Waals surface area contributed by atoms with Crippen LogP contribution in [0.1, 0.15) is 36.8 Å². The van der Waals surface area contributed by atoms with Gasteiger partial charge in [0.05, 0.1) is 6.54 Å². The van der Waals surface area contributed by atoms with Crippen molar-refractivity contribution in [1.82, 2.24) is 15.5 Å². The summed E-state index contributed by atoms with van der Waals surface area (Å²) < 4.78 is 0. The van der Waals surface area contributed by atoms with Gasteiger partial charge in [0.15, 0.2) is 0 Å². The SMILES string of the molecule is Cc1ccc(CN(C)CC(=O)NC(=O)NC2CCCC2)cc1. The third-order valence-electron chi connectivity index (χ3n) is 3.93. The van der Waals surface area contributed by atoms with Gasteiger partial charge in [0.2, 0.25) is 5.91 Å². The van der Waals surface area contributed by atoms with E-state index in [-0.39, 0.29) is 24.5 Å². The Bertz CT molecular complexity index is 507. The molecule has 22 heavy (non-hydrogen) atoms.